The van der Waals surface area contributed by atoms with Crippen molar-refractivity contribution in [2.75, 3.05) is 17.4 Å². The van der Waals surface area contributed by atoms with E-state index in [1.54, 1.807) is 48.5 Å². The Bertz CT molecular complexity index is 1400. The summed E-state index contributed by atoms with van der Waals surface area (Å²) in [5.41, 5.74) is 2.72. The normalized spacial score (nSPS) is 12.0. The van der Waals surface area contributed by atoms with Gasteiger partial charge in [0.05, 0.1) is 10.6 Å². The van der Waals surface area contributed by atoms with E-state index in [2.05, 4.69) is 5.32 Å². The summed E-state index contributed by atoms with van der Waals surface area (Å²) < 4.78 is 29.0. The number of carbonyl (C=O) groups excluding carboxylic acids is 2. The molecule has 1 unspecified atom stereocenters. The SMILES string of the molecule is CCCNC(=O)C(CC)N(Cc1ccccc1Cl)C(=O)CN(c1cccc(C)c1C)S(=O)(=O)c1ccccc1. The summed E-state index contributed by atoms with van der Waals surface area (Å²) in [6.45, 7) is 7.54. The van der Waals surface area contributed by atoms with E-state index in [1.165, 1.54) is 17.0 Å². The Labute approximate surface area is 236 Å². The Morgan fingerprint density at radius 1 is 0.923 bits per heavy atom. The smallest absolute Gasteiger partial charge is 0.264 e. The molecule has 208 valence electrons. The molecular formula is C30H36ClN3O4S. The number of sulfonamides is 1. The monoisotopic (exact) mass is 569 g/mol. The van der Waals surface area contributed by atoms with Crippen LogP contribution in [0.5, 0.6) is 0 Å². The third-order valence-electron chi connectivity index (χ3n) is 6.69. The van der Waals surface area contributed by atoms with Crippen molar-refractivity contribution in [1.82, 2.24) is 10.2 Å². The minimum absolute atomic E-state index is 0.0581. The molecule has 2 amide bonds. The first-order valence-corrected chi connectivity index (χ1v) is 14.9. The van der Waals surface area contributed by atoms with E-state index < -0.39 is 28.5 Å². The van der Waals surface area contributed by atoms with Crippen molar-refractivity contribution >= 4 is 39.1 Å². The van der Waals surface area contributed by atoms with Crippen LogP contribution in [0.1, 0.15) is 43.4 Å². The number of nitrogens with one attached hydrogen (secondary N) is 1. The van der Waals surface area contributed by atoms with Gasteiger partial charge in [0.1, 0.15) is 12.6 Å². The molecule has 3 rings (SSSR count). The Morgan fingerprint density at radius 2 is 1.59 bits per heavy atom. The first-order chi connectivity index (χ1) is 18.6. The summed E-state index contributed by atoms with van der Waals surface area (Å²) in [5, 5.41) is 3.34. The highest BCUT2D eigenvalue weighted by Crippen LogP contribution is 2.29. The fourth-order valence-corrected chi connectivity index (χ4v) is 6.02. The molecule has 0 aliphatic heterocycles. The summed E-state index contributed by atoms with van der Waals surface area (Å²) in [6, 6.07) is 19.7. The van der Waals surface area contributed by atoms with Crippen LogP contribution in [0.15, 0.2) is 77.7 Å². The zero-order valence-corrected chi connectivity index (χ0v) is 24.4. The van der Waals surface area contributed by atoms with Gasteiger partial charge in [-0.2, -0.15) is 0 Å². The van der Waals surface area contributed by atoms with Gasteiger partial charge in [0.15, 0.2) is 0 Å². The molecular weight excluding hydrogens is 534 g/mol. The van der Waals surface area contributed by atoms with Crippen LogP contribution in [0.25, 0.3) is 0 Å². The second-order valence-electron chi connectivity index (χ2n) is 9.37. The van der Waals surface area contributed by atoms with Crippen molar-refractivity contribution in [3.63, 3.8) is 0 Å². The number of halogens is 1. The van der Waals surface area contributed by atoms with Crippen molar-refractivity contribution in [2.45, 2.75) is 58.0 Å². The number of amides is 2. The zero-order chi connectivity index (χ0) is 28.6. The number of hydrogen-bond acceptors (Lipinski definition) is 4. The predicted molar refractivity (Wildman–Crippen MR) is 156 cm³/mol. The van der Waals surface area contributed by atoms with E-state index in [0.29, 0.717) is 29.2 Å². The van der Waals surface area contributed by atoms with Crippen LogP contribution >= 0.6 is 11.6 Å². The lowest BCUT2D eigenvalue weighted by molar-refractivity contribution is -0.140. The molecule has 0 fully saturated rings. The molecule has 7 nitrogen and oxygen atoms in total. The van der Waals surface area contributed by atoms with Gasteiger partial charge in [0, 0.05) is 18.1 Å². The number of rotatable bonds is 12. The molecule has 3 aromatic rings. The number of anilines is 1. The van der Waals surface area contributed by atoms with Gasteiger partial charge in [-0.15, -0.1) is 0 Å². The summed E-state index contributed by atoms with van der Waals surface area (Å²) in [6.07, 6.45) is 1.09. The van der Waals surface area contributed by atoms with Crippen molar-refractivity contribution < 1.29 is 18.0 Å². The average Bonchev–Trinajstić information content (AvgIpc) is 2.93. The molecule has 0 aliphatic carbocycles. The lowest BCUT2D eigenvalue weighted by Gasteiger charge is -2.34. The molecule has 3 aromatic carbocycles. The molecule has 0 heterocycles. The van der Waals surface area contributed by atoms with Gasteiger partial charge >= 0.3 is 0 Å². The van der Waals surface area contributed by atoms with Crippen LogP contribution < -0.4 is 9.62 Å². The molecule has 0 aromatic heterocycles. The minimum Gasteiger partial charge on any atom is -0.354 e. The van der Waals surface area contributed by atoms with Crippen LogP contribution in [0.2, 0.25) is 5.02 Å². The predicted octanol–water partition coefficient (Wildman–Crippen LogP) is 5.49. The molecule has 9 heteroatoms. The molecule has 0 radical (unpaired) electrons. The first-order valence-electron chi connectivity index (χ1n) is 13.1. The van der Waals surface area contributed by atoms with E-state index in [0.717, 1.165) is 21.9 Å². The zero-order valence-electron chi connectivity index (χ0n) is 22.9. The standard InChI is InChI=1S/C30H36ClN3O4S/c1-5-19-32-30(36)27(6-2)33(20-24-14-10-11-17-26(24)31)29(35)21-34(28-18-12-13-22(3)23(28)4)39(37,38)25-15-8-7-9-16-25/h7-18,27H,5-6,19-21H2,1-4H3,(H,32,36). The number of benzene rings is 3. The number of aryl methyl sites for hydroxylation is 1. The van der Waals surface area contributed by atoms with Gasteiger partial charge in [0.25, 0.3) is 10.0 Å². The molecule has 0 bridgehead atoms. The van der Waals surface area contributed by atoms with Gasteiger partial charge in [-0.3, -0.25) is 13.9 Å². The Hall–Kier alpha value is -3.36. The maximum Gasteiger partial charge on any atom is 0.264 e. The molecule has 1 N–H and O–H groups in total. The summed E-state index contributed by atoms with van der Waals surface area (Å²) >= 11 is 6.43. The van der Waals surface area contributed by atoms with E-state index in [9.17, 15) is 18.0 Å². The highest BCUT2D eigenvalue weighted by Gasteiger charge is 2.34. The quantitative estimate of drug-likeness (QED) is 0.313. The summed E-state index contributed by atoms with van der Waals surface area (Å²) in [4.78, 5) is 28.8. The maximum absolute atomic E-state index is 14.1. The van der Waals surface area contributed by atoms with Gasteiger partial charge in [-0.1, -0.05) is 74.0 Å². The van der Waals surface area contributed by atoms with Crippen molar-refractivity contribution in [2.24, 2.45) is 0 Å². The second kappa shape index (κ2) is 13.6. The number of nitrogens with zero attached hydrogens (tertiary/aromatic N) is 2. The lowest BCUT2D eigenvalue weighted by atomic mass is 10.1. The van der Waals surface area contributed by atoms with E-state index in [-0.39, 0.29) is 17.3 Å². The summed E-state index contributed by atoms with van der Waals surface area (Å²) in [5.74, 6) is -0.794. The minimum atomic E-state index is -4.11. The Morgan fingerprint density at radius 3 is 2.23 bits per heavy atom. The summed E-state index contributed by atoms with van der Waals surface area (Å²) in [7, 11) is -4.11. The van der Waals surface area contributed by atoms with E-state index >= 15 is 0 Å². The first kappa shape index (κ1) is 30.2. The highest BCUT2D eigenvalue weighted by atomic mass is 35.5. The van der Waals surface area contributed by atoms with Crippen LogP contribution in [0.4, 0.5) is 5.69 Å². The molecule has 0 spiro atoms. The topological polar surface area (TPSA) is 86.8 Å². The Kier molecular flexibility index (Phi) is 10.5. The number of hydrogen-bond donors (Lipinski definition) is 1. The van der Waals surface area contributed by atoms with Gasteiger partial charge in [-0.25, -0.2) is 8.42 Å². The molecule has 0 saturated heterocycles. The van der Waals surface area contributed by atoms with Gasteiger partial charge in [-0.05, 0) is 67.6 Å². The third kappa shape index (κ3) is 7.19. The maximum atomic E-state index is 14.1. The molecule has 0 aliphatic rings. The van der Waals surface area contributed by atoms with Crippen LogP contribution in [0, 0.1) is 13.8 Å². The van der Waals surface area contributed by atoms with Gasteiger partial charge < -0.3 is 10.2 Å². The third-order valence-corrected chi connectivity index (χ3v) is 8.83. The lowest BCUT2D eigenvalue weighted by Crippen LogP contribution is -2.52. The fraction of sp³-hybridized carbons (Fsp3) is 0.333. The van der Waals surface area contributed by atoms with Crippen LogP contribution in [-0.4, -0.2) is 44.3 Å². The van der Waals surface area contributed by atoms with E-state index in [1.807, 2.05) is 39.8 Å². The van der Waals surface area contributed by atoms with Crippen LogP contribution in [0.3, 0.4) is 0 Å². The largest absolute Gasteiger partial charge is 0.354 e. The Balaban J connectivity index is 2.09. The second-order valence-corrected chi connectivity index (χ2v) is 11.6. The van der Waals surface area contributed by atoms with Crippen molar-refractivity contribution in [1.29, 1.82) is 0 Å². The molecule has 39 heavy (non-hydrogen) atoms. The van der Waals surface area contributed by atoms with Crippen molar-refractivity contribution in [3.05, 3.63) is 94.5 Å². The number of carbonyl (C=O) groups is 2. The van der Waals surface area contributed by atoms with E-state index in [4.69, 9.17) is 11.6 Å². The highest BCUT2D eigenvalue weighted by molar-refractivity contribution is 7.92. The fourth-order valence-electron chi connectivity index (χ4n) is 4.33. The molecule has 0 saturated carbocycles. The van der Waals surface area contributed by atoms with Gasteiger partial charge in [0.2, 0.25) is 11.8 Å². The molecule has 1 atom stereocenters. The van der Waals surface area contributed by atoms with Crippen LogP contribution in [-0.2, 0) is 26.2 Å². The average molecular weight is 570 g/mol. The van der Waals surface area contributed by atoms with Crippen molar-refractivity contribution in [3.8, 4) is 0 Å².